The Morgan fingerprint density at radius 3 is 2.21 bits per heavy atom. The highest BCUT2D eigenvalue weighted by Crippen LogP contribution is 2.40. The quantitative estimate of drug-likeness (QED) is 0.725. The zero-order valence-corrected chi connectivity index (χ0v) is 11.3. The molecule has 0 aliphatic carbocycles. The maximum absolute atomic E-state index is 3.66. The number of hydrogen-bond donors (Lipinski definition) is 1. The van der Waals surface area contributed by atoms with Gasteiger partial charge in [-0.1, -0.05) is 6.07 Å². The Morgan fingerprint density at radius 2 is 1.57 bits per heavy atom. The van der Waals surface area contributed by atoms with Crippen LogP contribution in [0.25, 0.3) is 0 Å². The molecule has 0 unspecified atom stereocenters. The van der Waals surface area contributed by atoms with Crippen LogP contribution in [0.4, 0.5) is 0 Å². The fraction of sp³-hybridized carbons (Fsp3) is 0.500. The van der Waals surface area contributed by atoms with Gasteiger partial charge in [-0.15, -0.1) is 0 Å². The highest BCUT2D eigenvalue weighted by atomic mass is 127. The van der Waals surface area contributed by atoms with Crippen molar-refractivity contribution in [3.8, 4) is 0 Å². The van der Waals surface area contributed by atoms with E-state index in [1.54, 1.807) is 0 Å². The van der Waals surface area contributed by atoms with Crippen molar-refractivity contribution in [3.05, 3.63) is 32.9 Å². The Kier molecular flexibility index (Phi) is 2.20. The fourth-order valence-electron chi connectivity index (χ4n) is 2.49. The molecule has 2 rings (SSSR count). The molecule has 0 saturated heterocycles. The summed E-state index contributed by atoms with van der Waals surface area (Å²) in [5.41, 5.74) is 3.07. The van der Waals surface area contributed by atoms with Gasteiger partial charge in [0.05, 0.1) is 0 Å². The number of fused-ring (bicyclic) bond motifs is 1. The van der Waals surface area contributed by atoms with E-state index < -0.39 is 0 Å². The van der Waals surface area contributed by atoms with E-state index in [1.165, 1.54) is 14.7 Å². The molecule has 0 aromatic heterocycles. The van der Waals surface area contributed by atoms with Crippen LogP contribution in [0.3, 0.4) is 0 Å². The Balaban J connectivity index is 2.66. The van der Waals surface area contributed by atoms with E-state index in [1.807, 2.05) is 0 Å². The Labute approximate surface area is 99.4 Å². The Bertz CT molecular complexity index is 380. The van der Waals surface area contributed by atoms with Gasteiger partial charge >= 0.3 is 0 Å². The second kappa shape index (κ2) is 2.95. The first kappa shape index (κ1) is 10.4. The van der Waals surface area contributed by atoms with Crippen LogP contribution in [-0.2, 0) is 11.1 Å². The van der Waals surface area contributed by atoms with Crippen molar-refractivity contribution in [2.24, 2.45) is 0 Å². The molecule has 1 heterocycles. The predicted molar refractivity (Wildman–Crippen MR) is 68.3 cm³/mol. The molecule has 0 atom stereocenters. The first-order chi connectivity index (χ1) is 6.33. The van der Waals surface area contributed by atoms with Crippen molar-refractivity contribution in [3.63, 3.8) is 0 Å². The lowest BCUT2D eigenvalue weighted by Gasteiger charge is -2.25. The Hall–Kier alpha value is -0.0900. The normalized spacial score (nSPS) is 22.1. The summed E-state index contributed by atoms with van der Waals surface area (Å²) in [4.78, 5) is 0. The number of nitrogens with one attached hydrogen (secondary N) is 1. The smallest absolute Gasteiger partial charge is 0.0388 e. The van der Waals surface area contributed by atoms with E-state index in [0.717, 1.165) is 0 Å². The second-order valence-electron chi connectivity index (χ2n) is 5.06. The van der Waals surface area contributed by atoms with Crippen molar-refractivity contribution in [1.82, 2.24) is 5.32 Å². The second-order valence-corrected chi connectivity index (χ2v) is 6.31. The van der Waals surface area contributed by atoms with Gasteiger partial charge in [0, 0.05) is 14.6 Å². The Morgan fingerprint density at radius 1 is 1.00 bits per heavy atom. The van der Waals surface area contributed by atoms with Crippen molar-refractivity contribution in [1.29, 1.82) is 0 Å². The largest absolute Gasteiger partial charge is 0.299 e. The molecule has 2 heteroatoms. The van der Waals surface area contributed by atoms with Crippen LogP contribution in [0.2, 0.25) is 0 Å². The summed E-state index contributed by atoms with van der Waals surface area (Å²) in [5, 5.41) is 3.66. The van der Waals surface area contributed by atoms with Crippen molar-refractivity contribution < 1.29 is 0 Å². The molecule has 1 aliphatic rings. The first-order valence-electron chi connectivity index (χ1n) is 4.93. The summed E-state index contributed by atoms with van der Waals surface area (Å²) < 4.78 is 1.31. The molecule has 0 bridgehead atoms. The van der Waals surface area contributed by atoms with Crippen LogP contribution in [-0.4, -0.2) is 0 Å². The third-order valence-electron chi connectivity index (χ3n) is 2.95. The topological polar surface area (TPSA) is 12.0 Å². The minimum atomic E-state index is 0.0972. The van der Waals surface area contributed by atoms with Crippen LogP contribution in [0, 0.1) is 3.57 Å². The molecular weight excluding hydrogens is 285 g/mol. The summed E-state index contributed by atoms with van der Waals surface area (Å²) >= 11 is 2.37. The van der Waals surface area contributed by atoms with Crippen LogP contribution >= 0.6 is 22.6 Å². The molecule has 0 fully saturated rings. The zero-order chi connectivity index (χ0) is 10.6. The number of hydrogen-bond acceptors (Lipinski definition) is 1. The van der Waals surface area contributed by atoms with Crippen molar-refractivity contribution in [2.45, 2.75) is 38.8 Å². The van der Waals surface area contributed by atoms with Gasteiger partial charge < -0.3 is 0 Å². The monoisotopic (exact) mass is 301 g/mol. The standard InChI is InChI=1S/C12H16IN/c1-11(2)9-6-5-8(13)7-10(9)12(3,4)14-11/h5-7,14H,1-4H3. The molecule has 1 aliphatic heterocycles. The molecule has 0 saturated carbocycles. The molecule has 76 valence electrons. The molecule has 0 radical (unpaired) electrons. The lowest BCUT2D eigenvalue weighted by Crippen LogP contribution is -2.39. The van der Waals surface area contributed by atoms with E-state index in [4.69, 9.17) is 0 Å². The minimum Gasteiger partial charge on any atom is -0.299 e. The summed E-state index contributed by atoms with van der Waals surface area (Å²) in [6.07, 6.45) is 0. The molecular formula is C12H16IN. The van der Waals surface area contributed by atoms with Crippen molar-refractivity contribution >= 4 is 22.6 Å². The average Bonchev–Trinajstić information content (AvgIpc) is 2.17. The van der Waals surface area contributed by atoms with E-state index in [0.29, 0.717) is 0 Å². The highest BCUT2D eigenvalue weighted by Gasteiger charge is 2.40. The average molecular weight is 301 g/mol. The minimum absolute atomic E-state index is 0.0972. The molecule has 0 spiro atoms. The predicted octanol–water partition coefficient (Wildman–Crippen LogP) is 3.36. The molecule has 1 aromatic carbocycles. The fourth-order valence-corrected chi connectivity index (χ4v) is 2.99. The summed E-state index contributed by atoms with van der Waals surface area (Å²) in [6, 6.07) is 6.72. The van der Waals surface area contributed by atoms with E-state index in [2.05, 4.69) is 73.8 Å². The molecule has 1 nitrogen and oxygen atoms in total. The third kappa shape index (κ3) is 1.48. The van der Waals surface area contributed by atoms with Crippen LogP contribution < -0.4 is 5.32 Å². The van der Waals surface area contributed by atoms with Gasteiger partial charge in [0.1, 0.15) is 0 Å². The molecule has 1 N–H and O–H groups in total. The number of rotatable bonds is 0. The SMILES string of the molecule is CC1(C)NC(C)(C)c2cc(I)ccc21. The van der Waals surface area contributed by atoms with E-state index in [9.17, 15) is 0 Å². The highest BCUT2D eigenvalue weighted by molar-refractivity contribution is 14.1. The van der Waals surface area contributed by atoms with Crippen LogP contribution in [0.15, 0.2) is 18.2 Å². The van der Waals surface area contributed by atoms with Gasteiger partial charge in [-0.05, 0) is 73.5 Å². The van der Waals surface area contributed by atoms with Gasteiger partial charge in [0.2, 0.25) is 0 Å². The molecule has 14 heavy (non-hydrogen) atoms. The molecule has 1 aromatic rings. The molecule has 0 amide bonds. The lowest BCUT2D eigenvalue weighted by atomic mass is 9.91. The van der Waals surface area contributed by atoms with Gasteiger partial charge in [0.25, 0.3) is 0 Å². The van der Waals surface area contributed by atoms with Crippen LogP contribution in [0.1, 0.15) is 38.8 Å². The van der Waals surface area contributed by atoms with Gasteiger partial charge in [-0.25, -0.2) is 0 Å². The first-order valence-corrected chi connectivity index (χ1v) is 6.01. The van der Waals surface area contributed by atoms with E-state index in [-0.39, 0.29) is 11.1 Å². The van der Waals surface area contributed by atoms with Gasteiger partial charge in [-0.3, -0.25) is 5.32 Å². The van der Waals surface area contributed by atoms with Gasteiger partial charge in [0.15, 0.2) is 0 Å². The lowest BCUT2D eigenvalue weighted by molar-refractivity contribution is 0.319. The summed E-state index contributed by atoms with van der Waals surface area (Å²) in [6.45, 7) is 8.98. The summed E-state index contributed by atoms with van der Waals surface area (Å²) in [5.74, 6) is 0. The summed E-state index contributed by atoms with van der Waals surface area (Å²) in [7, 11) is 0. The van der Waals surface area contributed by atoms with E-state index >= 15 is 0 Å². The third-order valence-corrected chi connectivity index (χ3v) is 3.62. The number of halogens is 1. The zero-order valence-electron chi connectivity index (χ0n) is 9.11. The number of benzene rings is 1. The maximum atomic E-state index is 3.66. The maximum Gasteiger partial charge on any atom is 0.0388 e. The van der Waals surface area contributed by atoms with Crippen LogP contribution in [0.5, 0.6) is 0 Å². The van der Waals surface area contributed by atoms with Crippen molar-refractivity contribution in [2.75, 3.05) is 0 Å². The van der Waals surface area contributed by atoms with Gasteiger partial charge in [-0.2, -0.15) is 0 Å².